The molecular weight excluding hydrogens is 418 g/mol. The molecule has 2 aromatic rings. The van der Waals surface area contributed by atoms with Crippen LogP contribution in [-0.4, -0.2) is 29.7 Å². The number of rotatable bonds is 4. The number of hydrogen-bond donors (Lipinski definition) is 0. The van der Waals surface area contributed by atoms with E-state index in [0.717, 1.165) is 22.2 Å². The molecule has 1 heterocycles. The van der Waals surface area contributed by atoms with E-state index < -0.39 is 5.72 Å². The van der Waals surface area contributed by atoms with Gasteiger partial charge in [-0.25, -0.2) is 0 Å². The van der Waals surface area contributed by atoms with Gasteiger partial charge >= 0.3 is 0 Å². The number of nitrogens with zero attached hydrogens (tertiary/aromatic N) is 1. The first-order valence-electron chi connectivity index (χ1n) is 9.73. The van der Waals surface area contributed by atoms with Gasteiger partial charge in [-0.15, -0.1) is 0 Å². The minimum absolute atomic E-state index is 0.000424. The Morgan fingerprint density at radius 1 is 1.32 bits per heavy atom. The highest BCUT2D eigenvalue weighted by Crippen LogP contribution is 2.48. The third kappa shape index (κ3) is 3.25. The number of amides is 1. The van der Waals surface area contributed by atoms with Crippen LogP contribution in [0.2, 0.25) is 0 Å². The topological polar surface area (TPSA) is 38.8 Å². The fourth-order valence-electron chi connectivity index (χ4n) is 4.59. The molecule has 1 aliphatic heterocycles. The minimum atomic E-state index is -0.606. The predicted octanol–water partition coefficient (Wildman–Crippen LogP) is 4.90. The van der Waals surface area contributed by atoms with Gasteiger partial charge in [0.15, 0.2) is 0 Å². The van der Waals surface area contributed by atoms with Crippen molar-refractivity contribution < 1.29 is 14.3 Å². The summed E-state index contributed by atoms with van der Waals surface area (Å²) >= 11 is 3.61. The smallest absolute Gasteiger partial charge is 0.228 e. The summed E-state index contributed by atoms with van der Waals surface area (Å²) in [6, 6.07) is 14.3. The molecule has 1 amide bonds. The van der Waals surface area contributed by atoms with Crippen molar-refractivity contribution in [1.29, 1.82) is 0 Å². The van der Waals surface area contributed by atoms with Gasteiger partial charge in [-0.3, -0.25) is 4.79 Å². The van der Waals surface area contributed by atoms with Crippen LogP contribution in [-0.2, 0) is 22.4 Å². The molecule has 148 valence electrons. The fraction of sp³-hybridized carbons (Fsp3) is 0.435. The molecule has 0 N–H and O–H groups in total. The summed E-state index contributed by atoms with van der Waals surface area (Å²) in [6.07, 6.45) is 1.57. The lowest BCUT2D eigenvalue weighted by molar-refractivity contribution is -0.151. The summed E-state index contributed by atoms with van der Waals surface area (Å²) in [6.45, 7) is 6.01. The normalized spacial score (nSPS) is 23.2. The van der Waals surface area contributed by atoms with Crippen LogP contribution in [0.5, 0.6) is 5.75 Å². The Bertz CT molecular complexity index is 910. The van der Waals surface area contributed by atoms with Crippen molar-refractivity contribution in [2.45, 2.75) is 51.5 Å². The molecule has 1 fully saturated rings. The molecule has 2 unspecified atom stereocenters. The zero-order valence-electron chi connectivity index (χ0n) is 16.7. The van der Waals surface area contributed by atoms with E-state index >= 15 is 0 Å². The van der Waals surface area contributed by atoms with Crippen LogP contribution in [0.4, 0.5) is 0 Å². The van der Waals surface area contributed by atoms with Gasteiger partial charge in [0.1, 0.15) is 11.5 Å². The summed E-state index contributed by atoms with van der Waals surface area (Å²) < 4.78 is 12.6. The number of carbonyl (C=O) groups excluding carboxylic acids is 1. The van der Waals surface area contributed by atoms with Crippen molar-refractivity contribution in [3.63, 3.8) is 0 Å². The van der Waals surface area contributed by atoms with Crippen LogP contribution in [0.15, 0.2) is 46.9 Å². The van der Waals surface area contributed by atoms with Gasteiger partial charge in [0.25, 0.3) is 0 Å². The lowest BCUT2D eigenvalue weighted by atomic mass is 9.97. The molecule has 0 spiro atoms. The number of halogens is 1. The minimum Gasteiger partial charge on any atom is -0.497 e. The first-order valence-corrected chi connectivity index (χ1v) is 10.5. The number of hydrogen-bond acceptors (Lipinski definition) is 3. The van der Waals surface area contributed by atoms with Crippen molar-refractivity contribution >= 4 is 21.8 Å². The standard InChI is InChI=1S/C23H26BrNO3/c1-14(11-16-9-10-17(27-4)13-19(16)24)22(26)25-21-18-8-6-5-7-15(18)12-20(21)28-23(25,2)3/h5-10,13-14,20-21H,11-12H2,1-4H3/t14-,20?,21?/m0/s1. The van der Waals surface area contributed by atoms with Crippen LogP contribution in [0, 0.1) is 5.92 Å². The maximum atomic E-state index is 13.6. The monoisotopic (exact) mass is 443 g/mol. The molecule has 1 saturated heterocycles. The Morgan fingerprint density at radius 2 is 2.07 bits per heavy atom. The van der Waals surface area contributed by atoms with Crippen molar-refractivity contribution in [3.8, 4) is 5.75 Å². The Balaban J connectivity index is 1.59. The molecule has 0 bridgehead atoms. The zero-order chi connectivity index (χ0) is 20.1. The Morgan fingerprint density at radius 3 is 2.79 bits per heavy atom. The van der Waals surface area contributed by atoms with Gasteiger partial charge in [-0.2, -0.15) is 0 Å². The molecule has 5 heteroatoms. The van der Waals surface area contributed by atoms with E-state index in [1.807, 2.05) is 49.9 Å². The Labute approximate surface area is 175 Å². The van der Waals surface area contributed by atoms with Gasteiger partial charge in [-0.05, 0) is 49.1 Å². The summed E-state index contributed by atoms with van der Waals surface area (Å²) in [4.78, 5) is 15.5. The van der Waals surface area contributed by atoms with E-state index in [0.29, 0.717) is 6.42 Å². The van der Waals surface area contributed by atoms with Crippen molar-refractivity contribution in [1.82, 2.24) is 4.90 Å². The summed E-state index contributed by atoms with van der Waals surface area (Å²) in [5, 5.41) is 0. The highest BCUT2D eigenvalue weighted by molar-refractivity contribution is 9.10. The first kappa shape index (κ1) is 19.5. The van der Waals surface area contributed by atoms with Crippen LogP contribution in [0.25, 0.3) is 0 Å². The first-order chi connectivity index (χ1) is 13.3. The number of benzene rings is 2. The highest BCUT2D eigenvalue weighted by atomic mass is 79.9. The Kier molecular flexibility index (Phi) is 5.00. The third-order valence-electron chi connectivity index (χ3n) is 5.89. The van der Waals surface area contributed by atoms with Crippen LogP contribution < -0.4 is 4.74 Å². The maximum absolute atomic E-state index is 13.6. The molecule has 4 nitrogen and oxygen atoms in total. The lowest BCUT2D eigenvalue weighted by Gasteiger charge is -2.36. The maximum Gasteiger partial charge on any atom is 0.228 e. The number of carbonyl (C=O) groups is 1. The average Bonchev–Trinajstić information content (AvgIpc) is 3.12. The third-order valence-corrected chi connectivity index (χ3v) is 6.63. The van der Waals surface area contributed by atoms with Crippen LogP contribution >= 0.6 is 15.9 Å². The van der Waals surface area contributed by atoms with Gasteiger partial charge in [0.05, 0.1) is 19.3 Å². The highest BCUT2D eigenvalue weighted by Gasteiger charge is 2.53. The fourth-order valence-corrected chi connectivity index (χ4v) is 5.11. The second-order valence-electron chi connectivity index (χ2n) is 8.22. The second kappa shape index (κ2) is 7.20. The molecule has 0 radical (unpaired) electrons. The lowest BCUT2D eigenvalue weighted by Crippen LogP contribution is -2.47. The molecule has 0 aromatic heterocycles. The van der Waals surface area contributed by atoms with Gasteiger partial charge < -0.3 is 14.4 Å². The van der Waals surface area contributed by atoms with E-state index in [1.54, 1.807) is 7.11 Å². The van der Waals surface area contributed by atoms with Gasteiger partial charge in [0, 0.05) is 16.8 Å². The summed E-state index contributed by atoms with van der Waals surface area (Å²) in [5.74, 6) is 0.782. The molecule has 0 saturated carbocycles. The zero-order valence-corrected chi connectivity index (χ0v) is 18.3. The van der Waals surface area contributed by atoms with Gasteiger partial charge in [-0.1, -0.05) is 53.2 Å². The van der Waals surface area contributed by atoms with E-state index in [1.165, 1.54) is 11.1 Å². The predicted molar refractivity (Wildman–Crippen MR) is 112 cm³/mol. The summed E-state index contributed by atoms with van der Waals surface area (Å²) in [7, 11) is 1.65. The quantitative estimate of drug-likeness (QED) is 0.674. The van der Waals surface area contributed by atoms with Gasteiger partial charge in [0.2, 0.25) is 5.91 Å². The largest absolute Gasteiger partial charge is 0.497 e. The number of ether oxygens (including phenoxy) is 2. The van der Waals surface area contributed by atoms with E-state index in [2.05, 4.69) is 34.1 Å². The second-order valence-corrected chi connectivity index (χ2v) is 9.08. The van der Waals surface area contributed by atoms with Crippen LogP contribution in [0.3, 0.4) is 0 Å². The molecule has 28 heavy (non-hydrogen) atoms. The molecular formula is C23H26BrNO3. The molecule has 2 aliphatic rings. The molecule has 2 aromatic carbocycles. The van der Waals surface area contributed by atoms with E-state index in [4.69, 9.17) is 9.47 Å². The van der Waals surface area contributed by atoms with E-state index in [-0.39, 0.29) is 24.0 Å². The molecule has 3 atom stereocenters. The average molecular weight is 444 g/mol. The van der Waals surface area contributed by atoms with Crippen molar-refractivity contribution in [2.75, 3.05) is 7.11 Å². The summed E-state index contributed by atoms with van der Waals surface area (Å²) in [5.41, 5.74) is 3.01. The van der Waals surface area contributed by atoms with E-state index in [9.17, 15) is 4.79 Å². The SMILES string of the molecule is COc1ccc(C[C@H](C)C(=O)N2C3c4ccccc4CC3OC2(C)C)c(Br)c1. The molecule has 1 aliphatic carbocycles. The number of methoxy groups -OCH3 is 1. The Hall–Kier alpha value is -1.85. The number of fused-ring (bicyclic) bond motifs is 3. The van der Waals surface area contributed by atoms with Crippen molar-refractivity contribution in [3.05, 3.63) is 63.6 Å². The molecule has 4 rings (SSSR count). The van der Waals surface area contributed by atoms with Crippen LogP contribution in [0.1, 0.15) is 43.5 Å². The van der Waals surface area contributed by atoms with Crippen molar-refractivity contribution in [2.24, 2.45) is 5.92 Å².